The molecular weight excluding hydrogens is 360 g/mol. The van der Waals surface area contributed by atoms with E-state index < -0.39 is 0 Å². The van der Waals surface area contributed by atoms with Crippen LogP contribution in [0.3, 0.4) is 0 Å². The zero-order chi connectivity index (χ0) is 20.0. The van der Waals surface area contributed by atoms with E-state index in [1.54, 1.807) is 0 Å². The molecule has 2 N–H and O–H groups in total. The molecule has 0 saturated carbocycles. The summed E-state index contributed by atoms with van der Waals surface area (Å²) >= 11 is 0. The molecule has 5 rings (SSSR count). The van der Waals surface area contributed by atoms with Crippen LogP contribution in [0.5, 0.6) is 0 Å². The Kier molecular flexibility index (Phi) is 4.43. The number of likely N-dealkylation sites (N-methyl/N-ethyl adjacent to an activating group) is 1. The first-order chi connectivity index (χ1) is 14.1. The number of aryl methyl sites for hydroxylation is 2. The number of benzene rings is 2. The van der Waals surface area contributed by atoms with Gasteiger partial charge in [-0.1, -0.05) is 30.3 Å². The summed E-state index contributed by atoms with van der Waals surface area (Å²) in [7, 11) is 2.23. The number of aromatic amines is 2. The van der Waals surface area contributed by atoms with Gasteiger partial charge in [0.05, 0.1) is 0 Å². The number of nitrogens with one attached hydrogen (secondary N) is 2. The smallest absolute Gasteiger partial charge is 0.204 e. The maximum absolute atomic E-state index is 4.08. The Bertz CT molecular complexity index is 1130. The number of nitrogens with zero attached hydrogens (tertiary/aromatic N) is 4. The van der Waals surface area contributed by atoms with Crippen LogP contribution >= 0.6 is 0 Å². The molecule has 6 nitrogen and oxygen atoms in total. The molecule has 0 radical (unpaired) electrons. The molecule has 0 aliphatic carbocycles. The van der Waals surface area contributed by atoms with E-state index in [1.807, 2.05) is 0 Å². The first kappa shape index (κ1) is 18.1. The number of tetrazole rings is 1. The van der Waals surface area contributed by atoms with E-state index in [1.165, 1.54) is 33.2 Å². The van der Waals surface area contributed by atoms with Gasteiger partial charge in [0, 0.05) is 41.7 Å². The summed E-state index contributed by atoms with van der Waals surface area (Å²) < 4.78 is 0. The maximum Gasteiger partial charge on any atom is 0.204 e. The average molecular weight is 387 g/mol. The number of likely N-dealkylation sites (tertiary alicyclic amines) is 1. The number of aromatic nitrogens is 5. The van der Waals surface area contributed by atoms with Gasteiger partial charge in [-0.05, 0) is 66.8 Å². The zero-order valence-electron chi connectivity index (χ0n) is 17.1. The van der Waals surface area contributed by atoms with E-state index in [-0.39, 0.29) is 0 Å². The molecule has 29 heavy (non-hydrogen) atoms. The first-order valence-electron chi connectivity index (χ1n) is 10.2. The normalized spacial score (nSPS) is 20.0. The minimum atomic E-state index is 0.522. The van der Waals surface area contributed by atoms with Crippen molar-refractivity contribution in [2.24, 2.45) is 5.92 Å². The fourth-order valence-electron chi connectivity index (χ4n) is 5.01. The van der Waals surface area contributed by atoms with Crippen molar-refractivity contribution in [3.05, 3.63) is 64.8 Å². The van der Waals surface area contributed by atoms with Crippen LogP contribution in [0.2, 0.25) is 0 Å². The van der Waals surface area contributed by atoms with Crippen LogP contribution in [0.1, 0.15) is 28.2 Å². The lowest BCUT2D eigenvalue weighted by molar-refractivity contribution is 0.394. The van der Waals surface area contributed by atoms with E-state index in [9.17, 15) is 0 Å². The summed E-state index contributed by atoms with van der Waals surface area (Å²) in [6.45, 7) is 6.65. The second-order valence-electron chi connectivity index (χ2n) is 8.40. The van der Waals surface area contributed by atoms with Gasteiger partial charge >= 0.3 is 0 Å². The van der Waals surface area contributed by atoms with E-state index in [2.05, 4.69) is 94.0 Å². The van der Waals surface area contributed by atoms with Gasteiger partial charge in [-0.2, -0.15) is 5.21 Å². The van der Waals surface area contributed by atoms with E-state index in [0.717, 1.165) is 25.1 Å². The van der Waals surface area contributed by atoms with Gasteiger partial charge in [-0.25, -0.2) is 0 Å². The van der Waals surface area contributed by atoms with Crippen molar-refractivity contribution >= 4 is 10.9 Å². The van der Waals surface area contributed by atoms with Crippen LogP contribution in [0.15, 0.2) is 42.6 Å². The first-order valence-corrected chi connectivity index (χ1v) is 10.2. The van der Waals surface area contributed by atoms with Crippen molar-refractivity contribution in [3.8, 4) is 11.4 Å². The van der Waals surface area contributed by atoms with E-state index in [0.29, 0.717) is 17.7 Å². The van der Waals surface area contributed by atoms with Crippen molar-refractivity contribution in [2.45, 2.75) is 26.2 Å². The van der Waals surface area contributed by atoms with Gasteiger partial charge in [0.25, 0.3) is 0 Å². The lowest BCUT2D eigenvalue weighted by atomic mass is 9.82. The molecular formula is C23H26N6. The second kappa shape index (κ2) is 7.12. The third-order valence-corrected chi connectivity index (χ3v) is 6.41. The largest absolute Gasteiger partial charge is 0.361 e. The van der Waals surface area contributed by atoms with Crippen LogP contribution in [0, 0.1) is 19.8 Å². The Balaban J connectivity index is 1.45. The summed E-state index contributed by atoms with van der Waals surface area (Å²) in [6.07, 6.45) is 3.16. The van der Waals surface area contributed by atoms with Crippen molar-refractivity contribution in [2.75, 3.05) is 20.1 Å². The van der Waals surface area contributed by atoms with Crippen LogP contribution < -0.4 is 0 Å². The highest BCUT2D eigenvalue weighted by Gasteiger charge is 2.32. The Morgan fingerprint density at radius 3 is 2.66 bits per heavy atom. The highest BCUT2D eigenvalue weighted by molar-refractivity contribution is 5.87. The Hall–Kier alpha value is -2.99. The molecule has 1 fully saturated rings. The summed E-state index contributed by atoms with van der Waals surface area (Å²) in [5.74, 6) is 1.76. The molecule has 6 heteroatoms. The summed E-state index contributed by atoms with van der Waals surface area (Å²) in [4.78, 5) is 5.88. The molecule has 2 aromatic carbocycles. The third-order valence-electron chi connectivity index (χ3n) is 6.41. The van der Waals surface area contributed by atoms with Gasteiger partial charge in [-0.15, -0.1) is 10.2 Å². The predicted octanol–water partition coefficient (Wildman–Crippen LogP) is 3.85. The molecule has 148 valence electrons. The summed E-state index contributed by atoms with van der Waals surface area (Å²) in [5.41, 5.74) is 7.87. The van der Waals surface area contributed by atoms with Crippen LogP contribution in [-0.4, -0.2) is 50.6 Å². The number of H-pyrrole nitrogens is 2. The molecule has 0 amide bonds. The third kappa shape index (κ3) is 3.23. The van der Waals surface area contributed by atoms with Gasteiger partial charge in [0.1, 0.15) is 0 Å². The highest BCUT2D eigenvalue weighted by Crippen LogP contribution is 2.37. The number of hydrogen-bond donors (Lipinski definition) is 2. The maximum atomic E-state index is 4.08. The Morgan fingerprint density at radius 1 is 1.07 bits per heavy atom. The second-order valence-corrected chi connectivity index (χ2v) is 8.40. The van der Waals surface area contributed by atoms with Crippen LogP contribution in [0.25, 0.3) is 22.3 Å². The molecule has 0 spiro atoms. The Labute approximate surface area is 170 Å². The zero-order valence-corrected chi connectivity index (χ0v) is 17.1. The lowest BCUT2D eigenvalue weighted by Gasteiger charge is -2.21. The lowest BCUT2D eigenvalue weighted by Crippen LogP contribution is -2.16. The molecule has 1 aliphatic rings. The van der Waals surface area contributed by atoms with E-state index >= 15 is 0 Å². The van der Waals surface area contributed by atoms with E-state index in [4.69, 9.17) is 0 Å². The molecule has 1 aliphatic heterocycles. The number of hydrogen-bond acceptors (Lipinski definition) is 4. The van der Waals surface area contributed by atoms with Crippen LogP contribution in [-0.2, 0) is 6.42 Å². The molecule has 2 aromatic heterocycles. The monoisotopic (exact) mass is 386 g/mol. The predicted molar refractivity (Wildman–Crippen MR) is 115 cm³/mol. The molecule has 2 atom stereocenters. The summed E-state index contributed by atoms with van der Waals surface area (Å²) in [6, 6.07) is 13.2. The van der Waals surface area contributed by atoms with Crippen molar-refractivity contribution < 1.29 is 0 Å². The SMILES string of the molecule is Cc1cc(C)c2[nH]ccc2c1C[C@@H]1CN(C)C[C@H]1c1ccc(-c2nn[nH]n2)cc1. The molecule has 3 heterocycles. The van der Waals surface area contributed by atoms with Gasteiger partial charge in [-0.3, -0.25) is 0 Å². The minimum Gasteiger partial charge on any atom is -0.361 e. The van der Waals surface area contributed by atoms with Gasteiger partial charge in [0.15, 0.2) is 0 Å². The van der Waals surface area contributed by atoms with Crippen molar-refractivity contribution in [3.63, 3.8) is 0 Å². The summed E-state index contributed by atoms with van der Waals surface area (Å²) in [5, 5.41) is 15.7. The van der Waals surface area contributed by atoms with Crippen LogP contribution in [0.4, 0.5) is 0 Å². The van der Waals surface area contributed by atoms with Crippen molar-refractivity contribution in [1.82, 2.24) is 30.5 Å². The van der Waals surface area contributed by atoms with Gasteiger partial charge < -0.3 is 9.88 Å². The molecule has 4 aromatic rings. The highest BCUT2D eigenvalue weighted by atomic mass is 15.5. The topological polar surface area (TPSA) is 73.5 Å². The fraction of sp³-hybridized carbons (Fsp3) is 0.348. The molecule has 0 unspecified atom stereocenters. The van der Waals surface area contributed by atoms with Crippen molar-refractivity contribution in [1.29, 1.82) is 0 Å². The minimum absolute atomic E-state index is 0.522. The number of fused-ring (bicyclic) bond motifs is 1. The molecule has 0 bridgehead atoms. The van der Waals surface area contributed by atoms with Gasteiger partial charge in [0.2, 0.25) is 5.82 Å². The molecule has 1 saturated heterocycles. The number of rotatable bonds is 4. The average Bonchev–Trinajstić information content (AvgIpc) is 3.46. The Morgan fingerprint density at radius 2 is 1.90 bits per heavy atom. The quantitative estimate of drug-likeness (QED) is 0.559. The fourth-order valence-corrected chi connectivity index (χ4v) is 5.01. The standard InChI is InChI=1S/C23H26N6/c1-14-10-15(2)22-19(8-9-24-22)20(14)11-18-12-29(3)13-21(18)16-4-6-17(7-5-16)23-25-27-28-26-23/h4-10,18,21,24H,11-13H2,1-3H3,(H,25,26,27,28)/t18-,21+/m1/s1.